The molecule has 158 valence electrons. The number of nitrogens with zero attached hydrogens (tertiary/aromatic N) is 3. The van der Waals surface area contributed by atoms with E-state index in [0.717, 1.165) is 11.4 Å². The van der Waals surface area contributed by atoms with Crippen molar-refractivity contribution in [3.05, 3.63) is 29.3 Å². The third-order valence-corrected chi connectivity index (χ3v) is 7.67. The molecule has 1 spiro atoms. The molecular weight excluding hydrogens is 429 g/mol. The summed E-state index contributed by atoms with van der Waals surface area (Å²) in [6, 6.07) is 6.44. The van der Waals surface area contributed by atoms with E-state index in [-0.39, 0.29) is 17.1 Å². The Bertz CT molecular complexity index is 1000. The fourth-order valence-corrected chi connectivity index (χ4v) is 5.66. The minimum atomic E-state index is -4.42. The quantitative estimate of drug-likeness (QED) is 0.758. The zero-order valence-corrected chi connectivity index (χ0v) is 16.9. The minimum Gasteiger partial charge on any atom is -0.483 e. The summed E-state index contributed by atoms with van der Waals surface area (Å²) in [6.45, 7) is -0.605. The minimum absolute atomic E-state index is 0.00426. The Kier molecular flexibility index (Phi) is 5.08. The van der Waals surface area contributed by atoms with Gasteiger partial charge in [-0.1, -0.05) is 23.5 Å². The van der Waals surface area contributed by atoms with Gasteiger partial charge in [-0.3, -0.25) is 0 Å². The van der Waals surface area contributed by atoms with Crippen molar-refractivity contribution >= 4 is 21.5 Å². The molecule has 12 heteroatoms. The number of hydrogen-bond acceptors (Lipinski definition) is 6. The number of halogens is 3. The maximum Gasteiger partial charge on any atom is 0.422 e. The van der Waals surface area contributed by atoms with Gasteiger partial charge in [0, 0.05) is 19.0 Å². The molecule has 1 aliphatic carbocycles. The molecule has 2 aliphatic rings. The first-order valence-electron chi connectivity index (χ1n) is 8.98. The van der Waals surface area contributed by atoms with Crippen molar-refractivity contribution in [3.63, 3.8) is 0 Å². The summed E-state index contributed by atoms with van der Waals surface area (Å²) < 4.78 is 66.7. The summed E-state index contributed by atoms with van der Waals surface area (Å²) in [7, 11) is -3.67. The van der Waals surface area contributed by atoms with E-state index >= 15 is 0 Å². The molecule has 2 heterocycles. The zero-order chi connectivity index (χ0) is 20.9. The van der Waals surface area contributed by atoms with Crippen LogP contribution in [0.3, 0.4) is 0 Å². The SMILES string of the molecule is NS(=O)(=O)N1CCC2(CC1)C[C@H]2c1nnc(-c2ccccc2OCC(F)(F)F)s1. The first-order chi connectivity index (χ1) is 13.6. The third-order valence-electron chi connectivity index (χ3n) is 5.52. The monoisotopic (exact) mass is 448 g/mol. The van der Waals surface area contributed by atoms with E-state index in [2.05, 4.69) is 10.2 Å². The van der Waals surface area contributed by atoms with Crippen LogP contribution in [0.5, 0.6) is 5.75 Å². The Morgan fingerprint density at radius 2 is 1.93 bits per heavy atom. The molecule has 2 aromatic rings. The van der Waals surface area contributed by atoms with Gasteiger partial charge >= 0.3 is 6.18 Å². The maximum atomic E-state index is 12.5. The van der Waals surface area contributed by atoms with Crippen LogP contribution in [-0.2, 0) is 10.2 Å². The van der Waals surface area contributed by atoms with Crippen molar-refractivity contribution in [3.8, 4) is 16.3 Å². The average Bonchev–Trinajstić information content (AvgIpc) is 3.12. The number of nitrogens with two attached hydrogens (primary N) is 1. The number of ether oxygens (including phenoxy) is 1. The Morgan fingerprint density at radius 1 is 1.24 bits per heavy atom. The predicted octanol–water partition coefficient (Wildman–Crippen LogP) is 2.92. The lowest BCUT2D eigenvalue weighted by Crippen LogP contribution is -2.42. The summed E-state index contributed by atoms with van der Waals surface area (Å²) in [6.07, 6.45) is -2.12. The number of para-hydroxylation sites is 1. The molecule has 0 amide bonds. The van der Waals surface area contributed by atoms with Gasteiger partial charge in [0.15, 0.2) is 11.6 Å². The molecule has 2 fully saturated rings. The number of rotatable bonds is 5. The summed E-state index contributed by atoms with van der Waals surface area (Å²) in [5.74, 6) is 0.291. The molecule has 1 aromatic carbocycles. The molecule has 1 atom stereocenters. The van der Waals surface area contributed by atoms with Gasteiger partial charge in [0.05, 0.1) is 5.56 Å². The molecule has 0 unspecified atom stereocenters. The van der Waals surface area contributed by atoms with Gasteiger partial charge in [-0.2, -0.15) is 25.9 Å². The van der Waals surface area contributed by atoms with Gasteiger partial charge in [-0.15, -0.1) is 10.2 Å². The highest BCUT2D eigenvalue weighted by atomic mass is 32.2. The van der Waals surface area contributed by atoms with Gasteiger partial charge in [-0.25, -0.2) is 5.14 Å². The fourth-order valence-electron chi connectivity index (χ4n) is 3.85. The summed E-state index contributed by atoms with van der Waals surface area (Å²) in [4.78, 5) is 0. The van der Waals surface area contributed by atoms with Crippen molar-refractivity contribution in [2.24, 2.45) is 10.6 Å². The Labute approximate surface area is 169 Å². The fraction of sp³-hybridized carbons (Fsp3) is 0.529. The Balaban J connectivity index is 1.47. The van der Waals surface area contributed by atoms with Gasteiger partial charge in [-0.05, 0) is 36.8 Å². The molecule has 0 radical (unpaired) electrons. The van der Waals surface area contributed by atoms with Gasteiger partial charge in [0.25, 0.3) is 10.2 Å². The van der Waals surface area contributed by atoms with Crippen LogP contribution in [0.1, 0.15) is 30.2 Å². The van der Waals surface area contributed by atoms with E-state index in [1.54, 1.807) is 18.2 Å². The van der Waals surface area contributed by atoms with Crippen molar-refractivity contribution in [2.75, 3.05) is 19.7 Å². The highest BCUT2D eigenvalue weighted by Crippen LogP contribution is 2.65. The van der Waals surface area contributed by atoms with Crippen LogP contribution >= 0.6 is 11.3 Å². The second-order valence-electron chi connectivity index (χ2n) is 7.41. The lowest BCUT2D eigenvalue weighted by atomic mass is 9.92. The van der Waals surface area contributed by atoms with Crippen molar-refractivity contribution < 1.29 is 26.3 Å². The van der Waals surface area contributed by atoms with Crippen molar-refractivity contribution in [2.45, 2.75) is 31.4 Å². The van der Waals surface area contributed by atoms with Crippen LogP contribution in [0.25, 0.3) is 10.6 Å². The molecule has 1 aromatic heterocycles. The lowest BCUT2D eigenvalue weighted by Gasteiger charge is -2.30. The van der Waals surface area contributed by atoms with Crippen LogP contribution in [0.2, 0.25) is 0 Å². The standard InChI is InChI=1S/C17H19F3N4O3S2/c18-17(19,20)10-27-13-4-2-1-3-11(13)14-22-23-15(28-14)12-9-16(12)5-7-24(8-6-16)29(21,25)26/h1-4,12H,5-10H2,(H2,21,25,26)/t12-/m0/s1. The molecule has 7 nitrogen and oxygen atoms in total. The van der Waals surface area contributed by atoms with Gasteiger partial charge in [0.2, 0.25) is 0 Å². The van der Waals surface area contributed by atoms with E-state index < -0.39 is 23.0 Å². The van der Waals surface area contributed by atoms with E-state index in [1.807, 2.05) is 0 Å². The van der Waals surface area contributed by atoms with E-state index in [9.17, 15) is 21.6 Å². The number of aromatic nitrogens is 2. The molecular formula is C17H19F3N4O3S2. The molecule has 29 heavy (non-hydrogen) atoms. The summed E-state index contributed by atoms with van der Waals surface area (Å²) >= 11 is 1.34. The first-order valence-corrected chi connectivity index (χ1v) is 11.3. The Morgan fingerprint density at radius 3 is 2.59 bits per heavy atom. The van der Waals surface area contributed by atoms with Gasteiger partial charge in [0.1, 0.15) is 10.8 Å². The van der Waals surface area contributed by atoms with Crippen molar-refractivity contribution in [1.82, 2.24) is 14.5 Å². The third kappa shape index (κ3) is 4.39. The maximum absolute atomic E-state index is 12.5. The zero-order valence-electron chi connectivity index (χ0n) is 15.2. The van der Waals surface area contributed by atoms with Crippen molar-refractivity contribution in [1.29, 1.82) is 0 Å². The van der Waals surface area contributed by atoms with Crippen LogP contribution < -0.4 is 9.88 Å². The van der Waals surface area contributed by atoms with Gasteiger partial charge < -0.3 is 4.74 Å². The van der Waals surface area contributed by atoms with Crippen LogP contribution in [0.15, 0.2) is 24.3 Å². The molecule has 1 saturated heterocycles. The second-order valence-corrected chi connectivity index (χ2v) is 9.96. The first kappa shape index (κ1) is 20.5. The molecule has 1 aliphatic heterocycles. The number of alkyl halides is 3. The molecule has 0 bridgehead atoms. The topological polar surface area (TPSA) is 98.4 Å². The largest absolute Gasteiger partial charge is 0.483 e. The predicted molar refractivity (Wildman–Crippen MR) is 101 cm³/mol. The van der Waals surface area contributed by atoms with Crippen LogP contribution in [-0.4, -0.2) is 48.8 Å². The van der Waals surface area contributed by atoms with E-state index in [0.29, 0.717) is 36.5 Å². The number of benzene rings is 1. The molecule has 1 saturated carbocycles. The van der Waals surface area contributed by atoms with E-state index in [1.165, 1.54) is 21.7 Å². The van der Waals surface area contributed by atoms with E-state index in [4.69, 9.17) is 9.88 Å². The average molecular weight is 448 g/mol. The smallest absolute Gasteiger partial charge is 0.422 e. The normalized spacial score (nSPS) is 22.0. The summed E-state index contributed by atoms with van der Waals surface area (Å²) in [5.41, 5.74) is 0.476. The summed E-state index contributed by atoms with van der Waals surface area (Å²) in [5, 5.41) is 14.9. The Hall–Kier alpha value is -1.76. The second kappa shape index (κ2) is 7.18. The lowest BCUT2D eigenvalue weighted by molar-refractivity contribution is -0.153. The highest BCUT2D eigenvalue weighted by molar-refractivity contribution is 7.86. The molecule has 2 N–H and O–H groups in total. The number of piperidine rings is 1. The van der Waals surface area contributed by atoms with Crippen LogP contribution in [0, 0.1) is 5.41 Å². The molecule has 4 rings (SSSR count). The van der Waals surface area contributed by atoms with Crippen LogP contribution in [0.4, 0.5) is 13.2 Å². The highest BCUT2D eigenvalue weighted by Gasteiger charge is 2.57. The number of hydrogen-bond donors (Lipinski definition) is 1.